The molecule has 0 saturated heterocycles. The number of esters is 1. The monoisotopic (exact) mass is 387 g/mol. The summed E-state index contributed by atoms with van der Waals surface area (Å²) in [5, 5.41) is 2.81. The van der Waals surface area contributed by atoms with Gasteiger partial charge in [-0.2, -0.15) is 0 Å². The van der Waals surface area contributed by atoms with Crippen LogP contribution >= 0.6 is 0 Å². The molecule has 3 aromatic rings. The molecule has 1 N–H and O–H groups in total. The Labute approximate surface area is 171 Å². The zero-order valence-corrected chi connectivity index (χ0v) is 16.9. The zero-order chi connectivity index (χ0) is 20.8. The van der Waals surface area contributed by atoms with Gasteiger partial charge < -0.3 is 10.1 Å². The van der Waals surface area contributed by atoms with Crippen LogP contribution in [0.1, 0.15) is 27.0 Å². The predicted octanol–water partition coefficient (Wildman–Crippen LogP) is 4.48. The minimum Gasteiger partial charge on any atom is -0.467 e. The van der Waals surface area contributed by atoms with Gasteiger partial charge in [0.05, 0.1) is 7.11 Å². The van der Waals surface area contributed by atoms with Gasteiger partial charge in [-0.3, -0.25) is 4.79 Å². The highest BCUT2D eigenvalue weighted by molar-refractivity contribution is 5.97. The van der Waals surface area contributed by atoms with Gasteiger partial charge in [-0.05, 0) is 53.8 Å². The number of nitrogens with one attached hydrogen (secondary N) is 1. The number of carbonyl (C=O) groups is 2. The van der Waals surface area contributed by atoms with Crippen LogP contribution < -0.4 is 5.32 Å². The molecule has 0 aromatic heterocycles. The molecule has 3 aromatic carbocycles. The van der Waals surface area contributed by atoms with Crippen molar-refractivity contribution in [1.29, 1.82) is 0 Å². The zero-order valence-electron chi connectivity index (χ0n) is 16.9. The van der Waals surface area contributed by atoms with Crippen molar-refractivity contribution < 1.29 is 14.3 Å². The summed E-state index contributed by atoms with van der Waals surface area (Å²) >= 11 is 0. The van der Waals surface area contributed by atoms with Crippen LogP contribution in [0, 0.1) is 13.8 Å². The first kappa shape index (κ1) is 20.3. The molecule has 0 spiro atoms. The summed E-state index contributed by atoms with van der Waals surface area (Å²) < 4.78 is 4.90. The lowest BCUT2D eigenvalue weighted by Crippen LogP contribution is -2.43. The summed E-state index contributed by atoms with van der Waals surface area (Å²) in [5.74, 6) is -0.763. The lowest BCUT2D eigenvalue weighted by Gasteiger charge is -2.17. The fourth-order valence-corrected chi connectivity index (χ4v) is 3.19. The molecule has 1 atom stereocenters. The number of rotatable bonds is 6. The Morgan fingerprint density at radius 2 is 1.52 bits per heavy atom. The van der Waals surface area contributed by atoms with Gasteiger partial charge >= 0.3 is 5.97 Å². The number of amides is 1. The molecule has 29 heavy (non-hydrogen) atoms. The van der Waals surface area contributed by atoms with Crippen molar-refractivity contribution in [3.05, 3.63) is 95.1 Å². The smallest absolute Gasteiger partial charge is 0.328 e. The van der Waals surface area contributed by atoms with Crippen LogP contribution in [0.2, 0.25) is 0 Å². The first-order chi connectivity index (χ1) is 14.0. The summed E-state index contributed by atoms with van der Waals surface area (Å²) in [6, 6.07) is 22.6. The van der Waals surface area contributed by atoms with Crippen molar-refractivity contribution in [2.45, 2.75) is 26.3 Å². The van der Waals surface area contributed by atoms with Gasteiger partial charge in [0.1, 0.15) is 6.04 Å². The Balaban J connectivity index is 1.74. The van der Waals surface area contributed by atoms with E-state index in [-0.39, 0.29) is 5.91 Å². The number of methoxy groups -OCH3 is 1. The van der Waals surface area contributed by atoms with Gasteiger partial charge in [-0.1, -0.05) is 60.7 Å². The SMILES string of the molecule is COC(=O)[C@H](Cc1ccc(C)c(C)c1)NC(=O)c1ccc(-c2ccccc2)cc1. The fourth-order valence-electron chi connectivity index (χ4n) is 3.19. The molecule has 0 aliphatic carbocycles. The van der Waals surface area contributed by atoms with Crippen molar-refractivity contribution in [2.75, 3.05) is 7.11 Å². The highest BCUT2D eigenvalue weighted by atomic mass is 16.5. The minimum atomic E-state index is -0.747. The molecule has 0 fully saturated rings. The molecule has 1 amide bonds. The first-order valence-corrected chi connectivity index (χ1v) is 9.58. The maximum Gasteiger partial charge on any atom is 0.328 e. The summed E-state index contributed by atoms with van der Waals surface area (Å²) in [7, 11) is 1.33. The third kappa shape index (κ3) is 5.11. The van der Waals surface area contributed by atoms with E-state index in [1.54, 1.807) is 12.1 Å². The second-order valence-corrected chi connectivity index (χ2v) is 7.12. The van der Waals surface area contributed by atoms with E-state index >= 15 is 0 Å². The van der Waals surface area contributed by atoms with E-state index in [1.807, 2.05) is 74.5 Å². The van der Waals surface area contributed by atoms with E-state index in [2.05, 4.69) is 5.32 Å². The van der Waals surface area contributed by atoms with Gasteiger partial charge in [-0.25, -0.2) is 4.79 Å². The number of benzene rings is 3. The van der Waals surface area contributed by atoms with E-state index in [9.17, 15) is 9.59 Å². The second-order valence-electron chi connectivity index (χ2n) is 7.12. The van der Waals surface area contributed by atoms with Crippen molar-refractivity contribution >= 4 is 11.9 Å². The third-order valence-electron chi connectivity index (χ3n) is 5.06. The molecule has 0 unspecified atom stereocenters. The van der Waals surface area contributed by atoms with Crippen molar-refractivity contribution in [2.24, 2.45) is 0 Å². The summed E-state index contributed by atoms with van der Waals surface area (Å²) in [4.78, 5) is 25.0. The molecule has 148 valence electrons. The van der Waals surface area contributed by atoms with Crippen molar-refractivity contribution in [1.82, 2.24) is 5.32 Å². The summed E-state index contributed by atoms with van der Waals surface area (Å²) in [6.07, 6.45) is 0.377. The molecule has 4 heteroatoms. The van der Waals surface area contributed by atoms with Crippen LogP contribution in [0.15, 0.2) is 72.8 Å². The highest BCUT2D eigenvalue weighted by Gasteiger charge is 2.22. The third-order valence-corrected chi connectivity index (χ3v) is 5.06. The second kappa shape index (κ2) is 9.20. The number of aryl methyl sites for hydroxylation is 2. The van der Waals surface area contributed by atoms with E-state index < -0.39 is 12.0 Å². The normalized spacial score (nSPS) is 11.6. The first-order valence-electron chi connectivity index (χ1n) is 9.58. The highest BCUT2D eigenvalue weighted by Crippen LogP contribution is 2.19. The average molecular weight is 387 g/mol. The lowest BCUT2D eigenvalue weighted by molar-refractivity contribution is -0.142. The van der Waals surface area contributed by atoms with Crippen LogP contribution in [-0.2, 0) is 16.0 Å². The van der Waals surface area contributed by atoms with Gasteiger partial charge in [0, 0.05) is 12.0 Å². The topological polar surface area (TPSA) is 55.4 Å². The fraction of sp³-hybridized carbons (Fsp3) is 0.200. The van der Waals surface area contributed by atoms with Crippen LogP contribution in [-0.4, -0.2) is 25.0 Å². The number of carbonyl (C=O) groups excluding carboxylic acids is 2. The molecule has 4 nitrogen and oxygen atoms in total. The van der Waals surface area contributed by atoms with E-state index in [0.29, 0.717) is 12.0 Å². The Kier molecular flexibility index (Phi) is 6.45. The van der Waals surface area contributed by atoms with Crippen LogP contribution in [0.5, 0.6) is 0 Å². The Morgan fingerprint density at radius 3 is 2.14 bits per heavy atom. The van der Waals surface area contributed by atoms with Gasteiger partial charge in [-0.15, -0.1) is 0 Å². The van der Waals surface area contributed by atoms with E-state index in [4.69, 9.17) is 4.74 Å². The Morgan fingerprint density at radius 1 is 0.862 bits per heavy atom. The van der Waals surface area contributed by atoms with Crippen LogP contribution in [0.25, 0.3) is 11.1 Å². The molecule has 0 aliphatic rings. The van der Waals surface area contributed by atoms with E-state index in [1.165, 1.54) is 12.7 Å². The van der Waals surface area contributed by atoms with Gasteiger partial charge in [0.15, 0.2) is 0 Å². The molecular weight excluding hydrogens is 362 g/mol. The van der Waals surface area contributed by atoms with Gasteiger partial charge in [0.25, 0.3) is 5.91 Å². The molecule has 0 heterocycles. The summed E-state index contributed by atoms with van der Waals surface area (Å²) in [5.41, 5.74) is 5.92. The quantitative estimate of drug-likeness (QED) is 0.634. The van der Waals surface area contributed by atoms with Crippen LogP contribution in [0.3, 0.4) is 0 Å². The number of hydrogen-bond donors (Lipinski definition) is 1. The molecule has 3 rings (SSSR count). The Bertz CT molecular complexity index is 994. The molecule has 0 saturated carbocycles. The Hall–Kier alpha value is -3.40. The lowest BCUT2D eigenvalue weighted by atomic mass is 10.0. The largest absolute Gasteiger partial charge is 0.467 e. The summed E-state index contributed by atoms with van der Waals surface area (Å²) in [6.45, 7) is 4.07. The average Bonchev–Trinajstić information content (AvgIpc) is 2.76. The molecule has 0 bridgehead atoms. The maximum absolute atomic E-state index is 12.7. The number of hydrogen-bond acceptors (Lipinski definition) is 3. The minimum absolute atomic E-state index is 0.302. The number of ether oxygens (including phenoxy) is 1. The van der Waals surface area contributed by atoms with Crippen LogP contribution in [0.4, 0.5) is 0 Å². The predicted molar refractivity (Wildman–Crippen MR) is 115 cm³/mol. The molecule has 0 radical (unpaired) electrons. The van der Waals surface area contributed by atoms with Gasteiger partial charge in [0.2, 0.25) is 0 Å². The maximum atomic E-state index is 12.7. The van der Waals surface area contributed by atoms with E-state index in [0.717, 1.165) is 22.3 Å². The standard InChI is InChI=1S/C25H25NO3/c1-17-9-10-19(15-18(17)2)16-23(25(28)29-3)26-24(27)22-13-11-21(12-14-22)20-7-5-4-6-8-20/h4-15,23H,16H2,1-3H3,(H,26,27)/t23-/m0/s1. The van der Waals surface area contributed by atoms with Crippen molar-refractivity contribution in [3.63, 3.8) is 0 Å². The molecule has 0 aliphatic heterocycles. The molecular formula is C25H25NO3. The van der Waals surface area contributed by atoms with Crippen molar-refractivity contribution in [3.8, 4) is 11.1 Å².